The van der Waals surface area contributed by atoms with E-state index >= 15 is 0 Å². The maximum atomic E-state index is 13.5. The molecule has 1 fully saturated rings. The lowest BCUT2D eigenvalue weighted by Crippen LogP contribution is -2.41. The highest BCUT2D eigenvalue weighted by Gasteiger charge is 2.23. The van der Waals surface area contributed by atoms with Gasteiger partial charge < -0.3 is 19.4 Å². The van der Waals surface area contributed by atoms with Gasteiger partial charge in [-0.1, -0.05) is 12.1 Å². The van der Waals surface area contributed by atoms with Crippen LogP contribution in [0.3, 0.4) is 0 Å². The van der Waals surface area contributed by atoms with Crippen LogP contribution in [-0.4, -0.2) is 43.0 Å². The second-order valence-electron chi connectivity index (χ2n) is 6.60. The fourth-order valence-corrected chi connectivity index (χ4v) is 3.30. The number of anilines is 1. The van der Waals surface area contributed by atoms with Gasteiger partial charge in [0.05, 0.1) is 24.5 Å². The minimum absolute atomic E-state index is 0.0919. The molecule has 0 saturated carbocycles. The zero-order chi connectivity index (χ0) is 19.7. The number of aryl methyl sites for hydroxylation is 1. The molecule has 0 spiro atoms. The van der Waals surface area contributed by atoms with Crippen LogP contribution in [-0.2, 0) is 4.74 Å². The van der Waals surface area contributed by atoms with Crippen LogP contribution in [0.25, 0.3) is 11.0 Å². The number of hydrogen-bond donors (Lipinski definition) is 1. The molecular weight excluding hydrogens is 363 g/mol. The van der Waals surface area contributed by atoms with Crippen LogP contribution in [0.4, 0.5) is 10.1 Å². The lowest BCUT2D eigenvalue weighted by Gasteiger charge is -2.27. The molecule has 2 amide bonds. The van der Waals surface area contributed by atoms with Crippen molar-refractivity contribution in [3.8, 4) is 0 Å². The number of furan rings is 1. The van der Waals surface area contributed by atoms with E-state index in [-0.39, 0.29) is 11.7 Å². The fourth-order valence-electron chi connectivity index (χ4n) is 3.30. The zero-order valence-corrected chi connectivity index (χ0v) is 15.3. The Bertz CT molecular complexity index is 1050. The zero-order valence-electron chi connectivity index (χ0n) is 15.3. The van der Waals surface area contributed by atoms with Crippen molar-refractivity contribution in [2.75, 3.05) is 31.6 Å². The minimum Gasteiger partial charge on any atom is -0.451 e. The van der Waals surface area contributed by atoms with Crippen molar-refractivity contribution >= 4 is 28.5 Å². The lowest BCUT2D eigenvalue weighted by atomic mass is 10.1. The van der Waals surface area contributed by atoms with Crippen molar-refractivity contribution in [1.29, 1.82) is 0 Å². The lowest BCUT2D eigenvalue weighted by molar-refractivity contribution is 0.0303. The first-order chi connectivity index (χ1) is 13.5. The number of amides is 2. The Labute approximate surface area is 160 Å². The predicted octanol–water partition coefficient (Wildman–Crippen LogP) is 3.61. The molecule has 1 aliphatic rings. The summed E-state index contributed by atoms with van der Waals surface area (Å²) in [7, 11) is 0. The monoisotopic (exact) mass is 382 g/mol. The summed E-state index contributed by atoms with van der Waals surface area (Å²) in [6.07, 6.45) is 0. The molecule has 0 radical (unpaired) electrons. The molecule has 1 N–H and O–H groups in total. The van der Waals surface area contributed by atoms with Crippen LogP contribution in [0.2, 0.25) is 0 Å². The summed E-state index contributed by atoms with van der Waals surface area (Å²) >= 11 is 0. The van der Waals surface area contributed by atoms with Crippen molar-refractivity contribution in [2.45, 2.75) is 6.92 Å². The van der Waals surface area contributed by atoms with Gasteiger partial charge in [-0.15, -0.1) is 0 Å². The Kier molecular flexibility index (Phi) is 4.83. The molecular formula is C21H19FN2O4. The van der Waals surface area contributed by atoms with E-state index in [1.807, 2.05) is 0 Å². The second kappa shape index (κ2) is 7.44. The first-order valence-corrected chi connectivity index (χ1v) is 9.00. The smallest absolute Gasteiger partial charge is 0.291 e. The number of benzene rings is 2. The van der Waals surface area contributed by atoms with Gasteiger partial charge >= 0.3 is 0 Å². The molecule has 6 nitrogen and oxygen atoms in total. The number of nitrogens with one attached hydrogen (secondary N) is 1. The molecule has 2 aromatic carbocycles. The van der Waals surface area contributed by atoms with E-state index in [4.69, 9.17) is 9.15 Å². The predicted molar refractivity (Wildman–Crippen MR) is 102 cm³/mol. The van der Waals surface area contributed by atoms with E-state index in [0.717, 1.165) is 0 Å². The number of fused-ring (bicyclic) bond motifs is 1. The van der Waals surface area contributed by atoms with E-state index in [0.29, 0.717) is 54.1 Å². The van der Waals surface area contributed by atoms with Gasteiger partial charge in [-0.05, 0) is 37.3 Å². The molecule has 0 atom stereocenters. The number of carbonyl (C=O) groups excluding carboxylic acids is 2. The van der Waals surface area contributed by atoms with Crippen molar-refractivity contribution in [3.05, 3.63) is 65.2 Å². The standard InChI is InChI=1S/C21H19FN2O4/c1-13-16-12-14(22)6-7-18(16)28-19(13)20(25)23-17-5-3-2-4-15(17)21(26)24-8-10-27-11-9-24/h2-7,12H,8-11H2,1H3,(H,23,25). The minimum atomic E-state index is -0.490. The van der Waals surface area contributed by atoms with E-state index < -0.39 is 11.7 Å². The van der Waals surface area contributed by atoms with E-state index in [2.05, 4.69) is 5.32 Å². The number of nitrogens with zero attached hydrogens (tertiary/aromatic N) is 1. The molecule has 2 heterocycles. The van der Waals surface area contributed by atoms with Crippen LogP contribution in [0, 0.1) is 12.7 Å². The van der Waals surface area contributed by atoms with Crippen molar-refractivity contribution < 1.29 is 23.1 Å². The molecule has 1 saturated heterocycles. The third-order valence-electron chi connectivity index (χ3n) is 4.81. The molecule has 0 aliphatic carbocycles. The summed E-state index contributed by atoms with van der Waals surface area (Å²) in [6, 6.07) is 10.9. The Morgan fingerprint density at radius 1 is 1.11 bits per heavy atom. The van der Waals surface area contributed by atoms with Gasteiger partial charge in [0.25, 0.3) is 11.8 Å². The Hall–Kier alpha value is -3.19. The number of hydrogen-bond acceptors (Lipinski definition) is 4. The summed E-state index contributed by atoms with van der Waals surface area (Å²) < 4.78 is 24.4. The number of para-hydroxylation sites is 1. The largest absolute Gasteiger partial charge is 0.451 e. The summed E-state index contributed by atoms with van der Waals surface area (Å²) in [5.41, 5.74) is 1.78. The van der Waals surface area contributed by atoms with Gasteiger partial charge in [0.1, 0.15) is 11.4 Å². The fraction of sp³-hybridized carbons (Fsp3) is 0.238. The highest BCUT2D eigenvalue weighted by atomic mass is 19.1. The van der Waals surface area contributed by atoms with Crippen molar-refractivity contribution in [2.24, 2.45) is 0 Å². The molecule has 4 rings (SSSR count). The summed E-state index contributed by atoms with van der Waals surface area (Å²) in [6.45, 7) is 3.71. The molecule has 28 heavy (non-hydrogen) atoms. The van der Waals surface area contributed by atoms with Gasteiger partial charge in [-0.25, -0.2) is 4.39 Å². The topological polar surface area (TPSA) is 71.8 Å². The van der Waals surface area contributed by atoms with Crippen LogP contribution in [0.1, 0.15) is 26.5 Å². The van der Waals surface area contributed by atoms with Gasteiger partial charge in [0, 0.05) is 24.0 Å². The summed E-state index contributed by atoms with van der Waals surface area (Å²) in [5.74, 6) is -0.960. The van der Waals surface area contributed by atoms with Crippen LogP contribution >= 0.6 is 0 Å². The SMILES string of the molecule is Cc1c(C(=O)Nc2ccccc2C(=O)N2CCOCC2)oc2ccc(F)cc12. The maximum Gasteiger partial charge on any atom is 0.291 e. The van der Waals surface area contributed by atoms with Gasteiger partial charge in [-0.2, -0.15) is 0 Å². The highest BCUT2D eigenvalue weighted by Crippen LogP contribution is 2.27. The van der Waals surface area contributed by atoms with Gasteiger partial charge in [0.15, 0.2) is 5.76 Å². The van der Waals surface area contributed by atoms with Crippen LogP contribution in [0.5, 0.6) is 0 Å². The summed E-state index contributed by atoms with van der Waals surface area (Å²) in [4.78, 5) is 27.3. The number of rotatable bonds is 3. The van der Waals surface area contributed by atoms with Crippen molar-refractivity contribution in [1.82, 2.24) is 4.90 Å². The first kappa shape index (κ1) is 18.2. The average Bonchev–Trinajstić information content (AvgIpc) is 3.05. The summed E-state index contributed by atoms with van der Waals surface area (Å²) in [5, 5.41) is 3.30. The molecule has 7 heteroatoms. The van der Waals surface area contributed by atoms with Crippen molar-refractivity contribution in [3.63, 3.8) is 0 Å². The molecule has 1 aliphatic heterocycles. The Balaban J connectivity index is 1.62. The van der Waals surface area contributed by atoms with E-state index in [1.165, 1.54) is 18.2 Å². The number of carbonyl (C=O) groups is 2. The van der Waals surface area contributed by atoms with Gasteiger partial charge in [0.2, 0.25) is 0 Å². The maximum absolute atomic E-state index is 13.5. The number of halogens is 1. The van der Waals surface area contributed by atoms with Crippen LogP contribution < -0.4 is 5.32 Å². The van der Waals surface area contributed by atoms with Crippen LogP contribution in [0.15, 0.2) is 46.9 Å². The average molecular weight is 382 g/mol. The third-order valence-corrected chi connectivity index (χ3v) is 4.81. The van der Waals surface area contributed by atoms with E-state index in [1.54, 1.807) is 36.1 Å². The van der Waals surface area contributed by atoms with E-state index in [9.17, 15) is 14.0 Å². The molecule has 1 aromatic heterocycles. The quantitative estimate of drug-likeness (QED) is 0.751. The third kappa shape index (κ3) is 3.36. The second-order valence-corrected chi connectivity index (χ2v) is 6.60. The molecule has 3 aromatic rings. The molecule has 0 unspecified atom stereocenters. The number of morpholine rings is 1. The Morgan fingerprint density at radius 3 is 2.64 bits per heavy atom. The molecule has 0 bridgehead atoms. The number of ether oxygens (including phenoxy) is 1. The molecule has 144 valence electrons. The highest BCUT2D eigenvalue weighted by molar-refractivity contribution is 6.10. The Morgan fingerprint density at radius 2 is 1.86 bits per heavy atom. The van der Waals surface area contributed by atoms with Gasteiger partial charge in [-0.3, -0.25) is 9.59 Å². The normalized spacial score (nSPS) is 14.3. The first-order valence-electron chi connectivity index (χ1n) is 9.00.